The Morgan fingerprint density at radius 3 is 2.61 bits per heavy atom. The number of hydrogen-bond donors (Lipinski definition) is 1. The second-order valence-electron chi connectivity index (χ2n) is 7.57. The van der Waals surface area contributed by atoms with E-state index >= 15 is 0 Å². The van der Waals surface area contributed by atoms with Crippen molar-refractivity contribution in [2.24, 2.45) is 0 Å². The van der Waals surface area contributed by atoms with E-state index in [2.05, 4.69) is 4.98 Å². The van der Waals surface area contributed by atoms with Crippen LogP contribution >= 0.6 is 0 Å². The predicted octanol–water partition coefficient (Wildman–Crippen LogP) is 2.13. The molecule has 0 saturated carbocycles. The van der Waals surface area contributed by atoms with Crippen molar-refractivity contribution in [3.63, 3.8) is 0 Å². The Balaban J connectivity index is 1.77. The van der Waals surface area contributed by atoms with E-state index in [1.54, 1.807) is 37.3 Å². The first-order valence-electron chi connectivity index (χ1n) is 9.73. The molecule has 1 fully saturated rings. The van der Waals surface area contributed by atoms with Gasteiger partial charge in [-0.15, -0.1) is 0 Å². The van der Waals surface area contributed by atoms with E-state index in [4.69, 9.17) is 9.47 Å². The van der Waals surface area contributed by atoms with Crippen LogP contribution in [0.4, 0.5) is 10.1 Å². The number of aliphatic hydroxyl groups is 1. The number of pyridine rings is 1. The Labute approximate surface area is 180 Å². The van der Waals surface area contributed by atoms with Gasteiger partial charge in [-0.3, -0.25) is 9.78 Å². The van der Waals surface area contributed by atoms with E-state index in [-0.39, 0.29) is 19.6 Å². The van der Waals surface area contributed by atoms with Gasteiger partial charge in [0.2, 0.25) is 6.41 Å². The number of aliphatic hydroxyl groups excluding tert-OH is 1. The van der Waals surface area contributed by atoms with Crippen LogP contribution in [0.5, 0.6) is 0 Å². The fourth-order valence-electron chi connectivity index (χ4n) is 3.49. The van der Waals surface area contributed by atoms with Crippen LogP contribution in [-0.2, 0) is 24.1 Å². The zero-order valence-electron chi connectivity index (χ0n) is 17.5. The summed E-state index contributed by atoms with van der Waals surface area (Å²) >= 11 is 0. The van der Waals surface area contributed by atoms with E-state index in [1.165, 1.54) is 18.0 Å². The van der Waals surface area contributed by atoms with Gasteiger partial charge in [-0.25, -0.2) is 12.8 Å². The molecule has 0 radical (unpaired) electrons. The quantitative estimate of drug-likeness (QED) is 0.637. The lowest BCUT2D eigenvalue weighted by Gasteiger charge is -2.27. The van der Waals surface area contributed by atoms with Gasteiger partial charge in [0.05, 0.1) is 18.9 Å². The highest BCUT2D eigenvalue weighted by molar-refractivity contribution is 7.92. The molecule has 2 aromatic rings. The molecule has 0 spiro atoms. The molecule has 1 aliphatic heterocycles. The SMILES string of the molecule is CCOC(=O)C(C)(CC1CN(c2ccc(-c3ccncc3F)cc2)C(O)O1)S(C)(=O)=O. The topological polar surface area (TPSA) is 106 Å². The number of anilines is 1. The lowest BCUT2D eigenvalue weighted by atomic mass is 10.0. The van der Waals surface area contributed by atoms with Crippen LogP contribution < -0.4 is 4.90 Å². The maximum absolute atomic E-state index is 13.9. The Kier molecular flexibility index (Phi) is 6.63. The van der Waals surface area contributed by atoms with E-state index < -0.39 is 38.9 Å². The van der Waals surface area contributed by atoms with Crippen LogP contribution in [0.1, 0.15) is 20.3 Å². The summed E-state index contributed by atoms with van der Waals surface area (Å²) in [5, 5.41) is 10.4. The standard InChI is InChI=1S/C21H25FN2O6S/c1-4-29-19(25)21(2,31(3,27)28)11-16-13-24(20(26)30-16)15-7-5-14(6-8-15)17-9-10-23-12-18(17)22/h5-10,12,16,20,26H,4,11,13H2,1-3H3. The summed E-state index contributed by atoms with van der Waals surface area (Å²) in [7, 11) is -3.81. The van der Waals surface area contributed by atoms with Crippen molar-refractivity contribution >= 4 is 21.5 Å². The van der Waals surface area contributed by atoms with Crippen LogP contribution in [-0.4, -0.2) is 61.1 Å². The molecule has 168 valence electrons. The third-order valence-corrected chi connectivity index (χ3v) is 7.38. The van der Waals surface area contributed by atoms with Crippen molar-refractivity contribution in [1.82, 2.24) is 4.98 Å². The molecule has 31 heavy (non-hydrogen) atoms. The number of carbonyl (C=O) groups is 1. The summed E-state index contributed by atoms with van der Waals surface area (Å²) < 4.78 is 47.3. The number of sulfone groups is 1. The zero-order chi connectivity index (χ0) is 22.8. The summed E-state index contributed by atoms with van der Waals surface area (Å²) in [5.41, 5.74) is 1.64. The minimum atomic E-state index is -3.81. The molecule has 0 amide bonds. The van der Waals surface area contributed by atoms with E-state index in [9.17, 15) is 22.7 Å². The van der Waals surface area contributed by atoms with Crippen molar-refractivity contribution in [2.75, 3.05) is 24.3 Å². The van der Waals surface area contributed by atoms with Crippen molar-refractivity contribution in [2.45, 2.75) is 37.5 Å². The first-order valence-corrected chi connectivity index (χ1v) is 11.6. The van der Waals surface area contributed by atoms with Crippen molar-refractivity contribution in [3.8, 4) is 11.1 Å². The van der Waals surface area contributed by atoms with Gasteiger partial charge in [-0.05, 0) is 37.6 Å². The van der Waals surface area contributed by atoms with Crippen molar-refractivity contribution in [1.29, 1.82) is 0 Å². The van der Waals surface area contributed by atoms with E-state index in [1.807, 2.05) is 0 Å². The van der Waals surface area contributed by atoms with Gasteiger partial charge in [0, 0.05) is 36.7 Å². The minimum absolute atomic E-state index is 0.0502. The molecule has 1 saturated heterocycles. The van der Waals surface area contributed by atoms with Crippen LogP contribution in [0.2, 0.25) is 0 Å². The summed E-state index contributed by atoms with van der Waals surface area (Å²) in [4.78, 5) is 17.6. The number of hydrogen-bond acceptors (Lipinski definition) is 8. The number of carbonyl (C=O) groups excluding carboxylic acids is 1. The zero-order valence-corrected chi connectivity index (χ0v) is 18.3. The summed E-state index contributed by atoms with van der Waals surface area (Å²) in [6, 6.07) is 8.37. The highest BCUT2D eigenvalue weighted by Gasteiger charge is 2.49. The van der Waals surface area contributed by atoms with Crippen molar-refractivity contribution in [3.05, 3.63) is 48.5 Å². The third kappa shape index (κ3) is 4.70. The number of halogens is 1. The molecule has 3 atom stereocenters. The normalized spacial score (nSPS) is 21.0. The average molecular weight is 453 g/mol. The summed E-state index contributed by atoms with van der Waals surface area (Å²) in [5.74, 6) is -1.29. The molecule has 8 nitrogen and oxygen atoms in total. The molecule has 1 aromatic carbocycles. The molecule has 2 heterocycles. The van der Waals surface area contributed by atoms with Crippen LogP contribution in [0.3, 0.4) is 0 Å². The summed E-state index contributed by atoms with van der Waals surface area (Å²) in [6.45, 7) is 3.11. The molecule has 1 aliphatic rings. The second-order valence-corrected chi connectivity index (χ2v) is 10.0. The molecule has 1 aromatic heterocycles. The average Bonchev–Trinajstić information content (AvgIpc) is 3.07. The largest absolute Gasteiger partial charge is 0.465 e. The van der Waals surface area contributed by atoms with Gasteiger partial charge in [0.25, 0.3) is 0 Å². The molecule has 3 rings (SSSR count). The first kappa shape index (κ1) is 23.1. The Bertz CT molecular complexity index is 1050. The fraction of sp³-hybridized carbons (Fsp3) is 0.429. The highest BCUT2D eigenvalue weighted by Crippen LogP contribution is 2.33. The van der Waals surface area contributed by atoms with Crippen LogP contribution in [0.15, 0.2) is 42.7 Å². The number of benzene rings is 1. The minimum Gasteiger partial charge on any atom is -0.465 e. The Hall–Kier alpha value is -2.56. The number of esters is 1. The van der Waals surface area contributed by atoms with Gasteiger partial charge in [-0.1, -0.05) is 12.1 Å². The van der Waals surface area contributed by atoms with Gasteiger partial charge < -0.3 is 19.5 Å². The van der Waals surface area contributed by atoms with Crippen LogP contribution in [0.25, 0.3) is 11.1 Å². The number of rotatable bonds is 7. The summed E-state index contributed by atoms with van der Waals surface area (Å²) in [6.07, 6.45) is 1.39. The number of aromatic nitrogens is 1. The number of ether oxygens (including phenoxy) is 2. The molecule has 1 N–H and O–H groups in total. The maximum Gasteiger partial charge on any atom is 0.327 e. The van der Waals surface area contributed by atoms with Gasteiger partial charge in [0.15, 0.2) is 14.6 Å². The Morgan fingerprint density at radius 1 is 1.35 bits per heavy atom. The second kappa shape index (κ2) is 8.89. The fourth-order valence-corrected chi connectivity index (χ4v) is 4.34. The maximum atomic E-state index is 13.9. The molecular weight excluding hydrogens is 427 g/mol. The molecule has 3 unspecified atom stereocenters. The van der Waals surface area contributed by atoms with E-state index in [0.29, 0.717) is 16.8 Å². The molecule has 10 heteroatoms. The van der Waals surface area contributed by atoms with Crippen LogP contribution in [0, 0.1) is 5.82 Å². The molecule has 0 aliphatic carbocycles. The predicted molar refractivity (Wildman–Crippen MR) is 112 cm³/mol. The smallest absolute Gasteiger partial charge is 0.327 e. The number of nitrogens with zero attached hydrogens (tertiary/aromatic N) is 2. The van der Waals surface area contributed by atoms with Gasteiger partial charge >= 0.3 is 5.97 Å². The van der Waals surface area contributed by atoms with Gasteiger partial charge in [0.1, 0.15) is 5.82 Å². The molecular formula is C21H25FN2O6S. The third-order valence-electron chi connectivity index (χ3n) is 5.41. The van der Waals surface area contributed by atoms with Gasteiger partial charge in [-0.2, -0.15) is 0 Å². The monoisotopic (exact) mass is 452 g/mol. The molecule has 0 bridgehead atoms. The van der Waals surface area contributed by atoms with Crippen molar-refractivity contribution < 1.29 is 32.2 Å². The lowest BCUT2D eigenvalue weighted by molar-refractivity contribution is -0.148. The first-order chi connectivity index (χ1) is 14.6. The lowest BCUT2D eigenvalue weighted by Crippen LogP contribution is -2.47. The Morgan fingerprint density at radius 2 is 2.03 bits per heavy atom. The van der Waals surface area contributed by atoms with E-state index in [0.717, 1.165) is 12.5 Å². The highest BCUT2D eigenvalue weighted by atomic mass is 32.2.